The molecule has 106 valence electrons. The minimum Gasteiger partial charge on any atom is -0.380 e. The van der Waals surface area contributed by atoms with Crippen LogP contribution in [0.3, 0.4) is 0 Å². The second-order valence-electron chi connectivity index (χ2n) is 4.19. The van der Waals surface area contributed by atoms with E-state index in [0.717, 1.165) is 0 Å². The zero-order valence-corrected chi connectivity index (χ0v) is 12.8. The van der Waals surface area contributed by atoms with Crippen LogP contribution in [0.15, 0.2) is 36.4 Å². The molecule has 7 heteroatoms. The van der Waals surface area contributed by atoms with E-state index in [1.54, 1.807) is 18.2 Å². The number of halogens is 2. The Morgan fingerprint density at radius 1 is 1.33 bits per heavy atom. The summed E-state index contributed by atoms with van der Waals surface area (Å²) in [6.45, 7) is 0.228. The lowest BCUT2D eigenvalue weighted by Gasteiger charge is -2.09. The van der Waals surface area contributed by atoms with Gasteiger partial charge in [0.05, 0.1) is 16.6 Å². The smallest absolute Gasteiger partial charge is 0.270 e. The predicted molar refractivity (Wildman–Crippen MR) is 84.3 cm³/mol. The Hall–Kier alpha value is -2.21. The van der Waals surface area contributed by atoms with E-state index in [9.17, 15) is 14.5 Å². The van der Waals surface area contributed by atoms with E-state index in [-0.39, 0.29) is 17.8 Å². The van der Waals surface area contributed by atoms with Crippen LogP contribution in [0.1, 0.15) is 11.1 Å². The third kappa shape index (κ3) is 3.66. The topological polar surface area (TPSA) is 79.0 Å². The first-order valence-corrected chi connectivity index (χ1v) is 6.95. The van der Waals surface area contributed by atoms with Crippen LogP contribution >= 0.6 is 22.6 Å². The van der Waals surface area contributed by atoms with Gasteiger partial charge in [0.2, 0.25) is 0 Å². The molecule has 0 atom stereocenters. The van der Waals surface area contributed by atoms with E-state index in [1.807, 2.05) is 28.7 Å². The number of anilines is 1. The van der Waals surface area contributed by atoms with Gasteiger partial charge in [0.1, 0.15) is 5.82 Å². The van der Waals surface area contributed by atoms with Gasteiger partial charge in [0, 0.05) is 33.5 Å². The van der Waals surface area contributed by atoms with E-state index < -0.39 is 10.7 Å². The van der Waals surface area contributed by atoms with Gasteiger partial charge in [-0.05, 0) is 40.8 Å². The van der Waals surface area contributed by atoms with Crippen LogP contribution in [0.25, 0.3) is 0 Å². The summed E-state index contributed by atoms with van der Waals surface area (Å²) in [5.74, 6) is -0.460. The minimum atomic E-state index is -0.466. The molecule has 0 radical (unpaired) electrons. The van der Waals surface area contributed by atoms with Crippen molar-refractivity contribution in [1.82, 2.24) is 0 Å². The Balaban J connectivity index is 2.13. The molecule has 0 spiro atoms. The van der Waals surface area contributed by atoms with E-state index in [1.165, 1.54) is 18.2 Å². The molecule has 0 saturated carbocycles. The van der Waals surface area contributed by atoms with Gasteiger partial charge in [-0.25, -0.2) is 4.39 Å². The lowest BCUT2D eigenvalue weighted by Crippen LogP contribution is -2.03. The van der Waals surface area contributed by atoms with Crippen LogP contribution in [0.2, 0.25) is 0 Å². The maximum atomic E-state index is 13.7. The fourth-order valence-corrected chi connectivity index (χ4v) is 2.40. The Bertz CT molecular complexity index is 743. The zero-order chi connectivity index (χ0) is 15.4. The first-order valence-electron chi connectivity index (χ1n) is 5.87. The SMILES string of the molecule is N#Cc1ccc(CNc2ccc([N+](=O)[O-])cc2I)c(F)c1. The van der Waals surface area contributed by atoms with Gasteiger partial charge >= 0.3 is 0 Å². The molecule has 0 bridgehead atoms. The largest absolute Gasteiger partial charge is 0.380 e. The van der Waals surface area contributed by atoms with Crippen molar-refractivity contribution in [3.05, 3.63) is 67.0 Å². The van der Waals surface area contributed by atoms with Crippen LogP contribution < -0.4 is 5.32 Å². The van der Waals surface area contributed by atoms with Crippen LogP contribution in [-0.4, -0.2) is 4.92 Å². The molecule has 0 amide bonds. The van der Waals surface area contributed by atoms with Gasteiger partial charge in [-0.1, -0.05) is 6.07 Å². The number of hydrogen-bond donors (Lipinski definition) is 1. The quantitative estimate of drug-likeness (QED) is 0.483. The Morgan fingerprint density at radius 3 is 2.67 bits per heavy atom. The third-order valence-electron chi connectivity index (χ3n) is 2.81. The molecule has 0 unspecified atom stereocenters. The standard InChI is InChI=1S/C14H9FIN3O2/c15-12-5-9(7-17)1-2-10(12)8-18-14-4-3-11(19(20)21)6-13(14)16/h1-6,18H,8H2. The number of nitriles is 1. The number of hydrogen-bond acceptors (Lipinski definition) is 4. The Morgan fingerprint density at radius 2 is 2.10 bits per heavy atom. The summed E-state index contributed by atoms with van der Waals surface area (Å²) in [5.41, 5.74) is 1.38. The molecule has 2 aromatic carbocycles. The van der Waals surface area contributed by atoms with E-state index in [2.05, 4.69) is 5.32 Å². The van der Waals surface area contributed by atoms with Crippen molar-refractivity contribution in [2.24, 2.45) is 0 Å². The molecule has 0 aromatic heterocycles. The van der Waals surface area contributed by atoms with Crippen molar-refractivity contribution < 1.29 is 9.31 Å². The first kappa shape index (κ1) is 15.2. The fourth-order valence-electron chi connectivity index (χ4n) is 1.71. The van der Waals surface area contributed by atoms with Crippen LogP contribution in [0.4, 0.5) is 15.8 Å². The molecule has 0 heterocycles. The normalized spacial score (nSPS) is 9.95. The lowest BCUT2D eigenvalue weighted by molar-refractivity contribution is -0.384. The summed E-state index contributed by atoms with van der Waals surface area (Å²) in [6.07, 6.45) is 0. The number of rotatable bonds is 4. The fraction of sp³-hybridized carbons (Fsp3) is 0.0714. The molecule has 0 saturated heterocycles. The van der Waals surface area contributed by atoms with Crippen molar-refractivity contribution in [3.63, 3.8) is 0 Å². The van der Waals surface area contributed by atoms with Crippen molar-refractivity contribution in [2.45, 2.75) is 6.54 Å². The van der Waals surface area contributed by atoms with Crippen molar-refractivity contribution in [2.75, 3.05) is 5.32 Å². The monoisotopic (exact) mass is 397 g/mol. The van der Waals surface area contributed by atoms with Gasteiger partial charge in [-0.2, -0.15) is 5.26 Å². The number of benzene rings is 2. The molecule has 21 heavy (non-hydrogen) atoms. The van der Waals surface area contributed by atoms with Crippen molar-refractivity contribution in [3.8, 4) is 6.07 Å². The summed E-state index contributed by atoms with van der Waals surface area (Å²) in [4.78, 5) is 10.2. The molecular weight excluding hydrogens is 388 g/mol. The summed E-state index contributed by atoms with van der Waals surface area (Å²) in [7, 11) is 0. The molecule has 5 nitrogen and oxygen atoms in total. The highest BCUT2D eigenvalue weighted by Crippen LogP contribution is 2.24. The highest BCUT2D eigenvalue weighted by atomic mass is 127. The number of nitro benzene ring substituents is 1. The molecule has 0 aliphatic rings. The Kier molecular flexibility index (Phi) is 4.70. The number of non-ortho nitro benzene ring substituents is 1. The highest BCUT2D eigenvalue weighted by Gasteiger charge is 2.09. The van der Waals surface area contributed by atoms with Gasteiger partial charge in [0.25, 0.3) is 5.69 Å². The number of nitrogens with one attached hydrogen (secondary N) is 1. The Labute approximate surface area is 133 Å². The summed E-state index contributed by atoms with van der Waals surface area (Å²) in [6, 6.07) is 10.5. The summed E-state index contributed by atoms with van der Waals surface area (Å²) in [5, 5.41) is 22.4. The molecule has 0 aliphatic carbocycles. The maximum absolute atomic E-state index is 13.7. The van der Waals surface area contributed by atoms with Crippen molar-refractivity contribution in [1.29, 1.82) is 5.26 Å². The van der Waals surface area contributed by atoms with Gasteiger partial charge in [0.15, 0.2) is 0 Å². The van der Waals surface area contributed by atoms with E-state index in [0.29, 0.717) is 14.8 Å². The third-order valence-corrected chi connectivity index (χ3v) is 3.71. The van der Waals surface area contributed by atoms with Gasteiger partial charge in [-0.3, -0.25) is 10.1 Å². The number of nitro groups is 1. The maximum Gasteiger partial charge on any atom is 0.270 e. The second-order valence-corrected chi connectivity index (χ2v) is 5.35. The summed E-state index contributed by atoms with van der Waals surface area (Å²) >= 11 is 1.98. The van der Waals surface area contributed by atoms with Crippen LogP contribution in [0.5, 0.6) is 0 Å². The second kappa shape index (κ2) is 6.49. The average molecular weight is 397 g/mol. The molecular formula is C14H9FIN3O2. The van der Waals surface area contributed by atoms with Gasteiger partial charge < -0.3 is 5.32 Å². The molecule has 0 fully saturated rings. The van der Waals surface area contributed by atoms with Crippen LogP contribution in [0, 0.1) is 30.8 Å². The first-order chi connectivity index (χ1) is 10.0. The minimum absolute atomic E-state index is 0.00880. The van der Waals surface area contributed by atoms with Gasteiger partial charge in [-0.15, -0.1) is 0 Å². The molecule has 2 aromatic rings. The molecule has 2 rings (SSSR count). The summed E-state index contributed by atoms with van der Waals surface area (Å²) < 4.78 is 14.4. The predicted octanol–water partition coefficient (Wildman–Crippen LogP) is 3.82. The lowest BCUT2D eigenvalue weighted by atomic mass is 10.1. The highest BCUT2D eigenvalue weighted by molar-refractivity contribution is 14.1. The van der Waals surface area contributed by atoms with Crippen LogP contribution in [-0.2, 0) is 6.54 Å². The van der Waals surface area contributed by atoms with E-state index in [4.69, 9.17) is 5.26 Å². The zero-order valence-electron chi connectivity index (χ0n) is 10.6. The van der Waals surface area contributed by atoms with Crippen molar-refractivity contribution >= 4 is 34.0 Å². The molecule has 0 aliphatic heterocycles. The number of nitrogens with zero attached hydrogens (tertiary/aromatic N) is 2. The molecule has 1 N–H and O–H groups in total. The van der Waals surface area contributed by atoms with E-state index >= 15 is 0 Å². The average Bonchev–Trinajstić information content (AvgIpc) is 2.46.